The number of benzene rings is 1. The van der Waals surface area contributed by atoms with Crippen molar-refractivity contribution in [2.24, 2.45) is 5.92 Å². The van der Waals surface area contributed by atoms with Gasteiger partial charge in [-0.2, -0.15) is 0 Å². The molecule has 1 saturated heterocycles. The molecular weight excluding hydrogens is 238 g/mol. The largest absolute Gasteiger partial charge is 0.492 e. The number of aryl methyl sites for hydroxylation is 2. The van der Waals surface area contributed by atoms with Gasteiger partial charge < -0.3 is 9.84 Å². The van der Waals surface area contributed by atoms with Crippen LogP contribution in [0.5, 0.6) is 5.75 Å². The Labute approximate surface area is 116 Å². The molecule has 2 rings (SSSR count). The summed E-state index contributed by atoms with van der Waals surface area (Å²) in [6.07, 6.45) is 2.15. The SMILES string of the molecule is Cc1ccc(C)c(OCCN2CCC(CCO)C2)c1. The van der Waals surface area contributed by atoms with E-state index in [9.17, 15) is 0 Å². The van der Waals surface area contributed by atoms with Gasteiger partial charge in [0.15, 0.2) is 0 Å². The van der Waals surface area contributed by atoms with Crippen LogP contribution in [-0.4, -0.2) is 42.9 Å². The zero-order valence-electron chi connectivity index (χ0n) is 12.1. The van der Waals surface area contributed by atoms with Gasteiger partial charge in [0.25, 0.3) is 0 Å². The van der Waals surface area contributed by atoms with E-state index in [1.54, 1.807) is 0 Å². The van der Waals surface area contributed by atoms with Gasteiger partial charge in [0.1, 0.15) is 12.4 Å². The Hall–Kier alpha value is -1.06. The van der Waals surface area contributed by atoms with E-state index in [1.807, 2.05) is 0 Å². The maximum Gasteiger partial charge on any atom is 0.122 e. The average Bonchev–Trinajstić information content (AvgIpc) is 2.82. The van der Waals surface area contributed by atoms with Crippen LogP contribution in [0.25, 0.3) is 0 Å². The van der Waals surface area contributed by atoms with Crippen LogP contribution in [0.15, 0.2) is 18.2 Å². The van der Waals surface area contributed by atoms with Crippen LogP contribution in [0, 0.1) is 19.8 Å². The molecule has 3 nitrogen and oxygen atoms in total. The molecule has 0 radical (unpaired) electrons. The number of ether oxygens (including phenoxy) is 1. The predicted molar refractivity (Wildman–Crippen MR) is 77.7 cm³/mol. The van der Waals surface area contributed by atoms with Gasteiger partial charge in [-0.1, -0.05) is 12.1 Å². The molecule has 1 N–H and O–H groups in total. The Morgan fingerprint density at radius 2 is 2.21 bits per heavy atom. The van der Waals surface area contributed by atoms with E-state index in [0.29, 0.717) is 12.5 Å². The van der Waals surface area contributed by atoms with E-state index >= 15 is 0 Å². The lowest BCUT2D eigenvalue weighted by Crippen LogP contribution is -2.26. The fraction of sp³-hybridized carbons (Fsp3) is 0.625. The molecule has 0 saturated carbocycles. The molecule has 1 unspecified atom stereocenters. The van der Waals surface area contributed by atoms with Crippen LogP contribution < -0.4 is 4.74 Å². The Morgan fingerprint density at radius 3 is 3.00 bits per heavy atom. The lowest BCUT2D eigenvalue weighted by atomic mass is 10.1. The first-order valence-corrected chi connectivity index (χ1v) is 7.22. The first-order valence-electron chi connectivity index (χ1n) is 7.22. The normalized spacial score (nSPS) is 19.8. The summed E-state index contributed by atoms with van der Waals surface area (Å²) in [4.78, 5) is 2.44. The van der Waals surface area contributed by atoms with E-state index in [1.165, 1.54) is 17.5 Å². The minimum Gasteiger partial charge on any atom is -0.492 e. The molecule has 0 amide bonds. The van der Waals surface area contributed by atoms with Gasteiger partial charge in [0.05, 0.1) is 0 Å². The molecule has 0 aromatic heterocycles. The van der Waals surface area contributed by atoms with Gasteiger partial charge >= 0.3 is 0 Å². The summed E-state index contributed by atoms with van der Waals surface area (Å²) in [5.74, 6) is 1.68. The number of aliphatic hydroxyl groups excluding tert-OH is 1. The van der Waals surface area contributed by atoms with Crippen LogP contribution >= 0.6 is 0 Å². The minimum absolute atomic E-state index is 0.317. The quantitative estimate of drug-likeness (QED) is 0.855. The van der Waals surface area contributed by atoms with Crippen LogP contribution in [0.2, 0.25) is 0 Å². The molecule has 0 aliphatic carbocycles. The molecule has 3 heteroatoms. The molecular formula is C16H25NO2. The maximum atomic E-state index is 8.95. The molecule has 0 bridgehead atoms. The topological polar surface area (TPSA) is 32.7 Å². The van der Waals surface area contributed by atoms with E-state index < -0.39 is 0 Å². The Morgan fingerprint density at radius 1 is 1.37 bits per heavy atom. The maximum absolute atomic E-state index is 8.95. The summed E-state index contributed by atoms with van der Waals surface area (Å²) in [7, 11) is 0. The number of nitrogens with zero attached hydrogens (tertiary/aromatic N) is 1. The smallest absolute Gasteiger partial charge is 0.122 e. The molecule has 1 atom stereocenters. The Bertz CT molecular complexity index is 406. The molecule has 0 spiro atoms. The first-order chi connectivity index (χ1) is 9.19. The molecule has 106 valence electrons. The lowest BCUT2D eigenvalue weighted by molar-refractivity contribution is 0.221. The Kier molecular flexibility index (Phi) is 5.23. The fourth-order valence-electron chi connectivity index (χ4n) is 2.68. The third-order valence-corrected chi connectivity index (χ3v) is 3.92. The molecule has 1 aromatic carbocycles. The summed E-state index contributed by atoms with van der Waals surface area (Å²) < 4.78 is 5.88. The van der Waals surface area contributed by atoms with Crippen LogP contribution in [-0.2, 0) is 0 Å². The van der Waals surface area contributed by atoms with Gasteiger partial charge in [0, 0.05) is 19.7 Å². The highest BCUT2D eigenvalue weighted by atomic mass is 16.5. The van der Waals surface area contributed by atoms with Crippen LogP contribution in [0.4, 0.5) is 0 Å². The van der Waals surface area contributed by atoms with Crippen LogP contribution in [0.1, 0.15) is 24.0 Å². The second-order valence-electron chi connectivity index (χ2n) is 5.59. The highest BCUT2D eigenvalue weighted by Crippen LogP contribution is 2.21. The van der Waals surface area contributed by atoms with Crippen molar-refractivity contribution in [2.75, 3.05) is 32.8 Å². The fourth-order valence-corrected chi connectivity index (χ4v) is 2.68. The first kappa shape index (κ1) is 14.4. The van der Waals surface area contributed by atoms with E-state index in [2.05, 4.69) is 36.9 Å². The second kappa shape index (κ2) is 6.92. The number of aliphatic hydroxyl groups is 1. The third-order valence-electron chi connectivity index (χ3n) is 3.92. The standard InChI is InChI=1S/C16H25NO2/c1-13-3-4-14(2)16(11-13)19-10-8-17-7-5-15(12-17)6-9-18/h3-4,11,15,18H,5-10,12H2,1-2H3. The predicted octanol–water partition coefficient (Wildman–Crippen LogP) is 2.39. The average molecular weight is 263 g/mol. The van der Waals surface area contributed by atoms with Gasteiger partial charge in [-0.3, -0.25) is 4.90 Å². The van der Waals surface area contributed by atoms with E-state index in [-0.39, 0.29) is 0 Å². The monoisotopic (exact) mass is 263 g/mol. The second-order valence-corrected chi connectivity index (χ2v) is 5.59. The van der Waals surface area contributed by atoms with Crippen molar-refractivity contribution in [1.29, 1.82) is 0 Å². The molecule has 1 aliphatic heterocycles. The van der Waals surface area contributed by atoms with E-state index in [0.717, 1.165) is 38.4 Å². The van der Waals surface area contributed by atoms with Crippen molar-refractivity contribution in [2.45, 2.75) is 26.7 Å². The number of hydrogen-bond donors (Lipinski definition) is 1. The summed E-state index contributed by atoms with van der Waals surface area (Å²) in [5.41, 5.74) is 2.44. The number of rotatable bonds is 6. The van der Waals surface area contributed by atoms with Gasteiger partial charge in [-0.15, -0.1) is 0 Å². The number of likely N-dealkylation sites (tertiary alicyclic amines) is 1. The summed E-state index contributed by atoms with van der Waals surface area (Å²) >= 11 is 0. The summed E-state index contributed by atoms with van der Waals surface area (Å²) in [6.45, 7) is 8.47. The third kappa shape index (κ3) is 4.22. The number of hydrogen-bond acceptors (Lipinski definition) is 3. The van der Waals surface area contributed by atoms with Crippen molar-refractivity contribution >= 4 is 0 Å². The highest BCUT2D eigenvalue weighted by molar-refractivity contribution is 5.35. The molecule has 1 fully saturated rings. The zero-order chi connectivity index (χ0) is 13.7. The summed E-state index contributed by atoms with van der Waals surface area (Å²) in [6, 6.07) is 6.33. The Balaban J connectivity index is 1.73. The zero-order valence-corrected chi connectivity index (χ0v) is 12.1. The lowest BCUT2D eigenvalue weighted by Gasteiger charge is -2.17. The van der Waals surface area contributed by atoms with E-state index in [4.69, 9.17) is 9.84 Å². The van der Waals surface area contributed by atoms with Crippen molar-refractivity contribution in [1.82, 2.24) is 4.90 Å². The van der Waals surface area contributed by atoms with Crippen molar-refractivity contribution < 1.29 is 9.84 Å². The van der Waals surface area contributed by atoms with Gasteiger partial charge in [0.2, 0.25) is 0 Å². The van der Waals surface area contributed by atoms with Crippen LogP contribution in [0.3, 0.4) is 0 Å². The van der Waals surface area contributed by atoms with Crippen molar-refractivity contribution in [3.05, 3.63) is 29.3 Å². The van der Waals surface area contributed by atoms with Gasteiger partial charge in [-0.25, -0.2) is 0 Å². The molecule has 1 heterocycles. The highest BCUT2D eigenvalue weighted by Gasteiger charge is 2.21. The van der Waals surface area contributed by atoms with Crippen molar-refractivity contribution in [3.63, 3.8) is 0 Å². The van der Waals surface area contributed by atoms with Crippen molar-refractivity contribution in [3.8, 4) is 5.75 Å². The molecule has 1 aromatic rings. The molecule has 1 aliphatic rings. The molecule has 19 heavy (non-hydrogen) atoms. The van der Waals surface area contributed by atoms with Gasteiger partial charge in [-0.05, 0) is 56.3 Å². The summed E-state index contributed by atoms with van der Waals surface area (Å²) in [5, 5.41) is 8.95. The minimum atomic E-state index is 0.317.